The van der Waals surface area contributed by atoms with Crippen LogP contribution in [0.4, 0.5) is 0 Å². The number of ether oxygens (including phenoxy) is 1. The van der Waals surface area contributed by atoms with Crippen LogP contribution in [0.15, 0.2) is 24.3 Å². The van der Waals surface area contributed by atoms with Gasteiger partial charge in [-0.15, -0.1) is 0 Å². The molecule has 7 heteroatoms. The summed E-state index contributed by atoms with van der Waals surface area (Å²) in [6.45, 7) is 0.00332. The second-order valence-electron chi connectivity index (χ2n) is 4.80. The minimum absolute atomic E-state index is 0.00285. The molecule has 1 saturated heterocycles. The maximum atomic E-state index is 12.0. The molecule has 1 heterocycles. The van der Waals surface area contributed by atoms with E-state index in [0.29, 0.717) is 5.56 Å². The van der Waals surface area contributed by atoms with Crippen molar-refractivity contribution in [3.8, 4) is 5.75 Å². The molecular weight excluding hydrogens is 278 g/mol. The van der Waals surface area contributed by atoms with Gasteiger partial charge in [-0.1, -0.05) is 12.1 Å². The molecule has 1 unspecified atom stereocenters. The number of phenolic OH excluding ortho intramolecular Hbond substituents is 1. The fraction of sp³-hybridized carbons (Fsp3) is 0.357. The van der Waals surface area contributed by atoms with E-state index in [2.05, 4.69) is 4.74 Å². The second kappa shape index (κ2) is 5.82. The fourth-order valence-electron chi connectivity index (χ4n) is 2.42. The lowest BCUT2D eigenvalue weighted by molar-refractivity contribution is -0.149. The molecule has 0 spiro atoms. The summed E-state index contributed by atoms with van der Waals surface area (Å²) in [5.74, 6) is -2.78. The highest BCUT2D eigenvalue weighted by Gasteiger charge is 2.41. The van der Waals surface area contributed by atoms with Gasteiger partial charge in [0, 0.05) is 13.0 Å². The van der Waals surface area contributed by atoms with Gasteiger partial charge in [-0.3, -0.25) is 9.59 Å². The normalized spacial score (nSPS) is 19.4. The fourth-order valence-corrected chi connectivity index (χ4v) is 2.42. The molecule has 0 saturated carbocycles. The van der Waals surface area contributed by atoms with Gasteiger partial charge in [0.15, 0.2) is 6.04 Å². The van der Waals surface area contributed by atoms with E-state index >= 15 is 0 Å². The average Bonchev–Trinajstić information content (AvgIpc) is 2.82. The highest BCUT2D eigenvalue weighted by molar-refractivity contribution is 5.90. The van der Waals surface area contributed by atoms with Crippen molar-refractivity contribution in [1.29, 1.82) is 0 Å². The molecule has 0 bridgehead atoms. The third-order valence-corrected chi connectivity index (χ3v) is 3.45. The molecule has 1 fully saturated rings. The number of carboxylic acid groups (broad SMARTS) is 1. The number of carbonyl (C=O) groups is 3. The Kier molecular flexibility index (Phi) is 4.11. The van der Waals surface area contributed by atoms with Crippen LogP contribution in [0.1, 0.15) is 18.0 Å². The van der Waals surface area contributed by atoms with Gasteiger partial charge in [0.25, 0.3) is 0 Å². The number of benzene rings is 1. The second-order valence-corrected chi connectivity index (χ2v) is 4.80. The summed E-state index contributed by atoms with van der Waals surface area (Å²) in [6, 6.07) is 4.39. The molecule has 21 heavy (non-hydrogen) atoms. The zero-order valence-corrected chi connectivity index (χ0v) is 11.4. The Morgan fingerprint density at radius 1 is 1.33 bits per heavy atom. The van der Waals surface area contributed by atoms with Gasteiger partial charge >= 0.3 is 11.9 Å². The largest absolute Gasteiger partial charge is 0.508 e. The molecule has 2 rings (SSSR count). The molecule has 112 valence electrons. The number of amides is 1. The van der Waals surface area contributed by atoms with E-state index in [1.165, 1.54) is 31.4 Å². The van der Waals surface area contributed by atoms with Gasteiger partial charge in [0.1, 0.15) is 5.75 Å². The molecule has 1 aromatic rings. The molecule has 1 aliphatic heterocycles. The summed E-state index contributed by atoms with van der Waals surface area (Å²) < 4.78 is 4.59. The van der Waals surface area contributed by atoms with Crippen LogP contribution < -0.4 is 0 Å². The van der Waals surface area contributed by atoms with E-state index in [1.807, 2.05) is 0 Å². The lowest BCUT2D eigenvalue weighted by Gasteiger charge is -2.24. The molecule has 0 aliphatic carbocycles. The molecular formula is C14H15NO6. The van der Waals surface area contributed by atoms with E-state index in [0.717, 1.165) is 4.90 Å². The van der Waals surface area contributed by atoms with Crippen LogP contribution in [0, 0.1) is 5.92 Å². The predicted molar refractivity (Wildman–Crippen MR) is 70.3 cm³/mol. The van der Waals surface area contributed by atoms with Gasteiger partial charge in [0.05, 0.1) is 13.0 Å². The topological polar surface area (TPSA) is 104 Å². The Balaban J connectivity index is 2.27. The van der Waals surface area contributed by atoms with Crippen molar-refractivity contribution >= 4 is 17.8 Å². The minimum atomic E-state index is -1.19. The Morgan fingerprint density at radius 2 is 1.95 bits per heavy atom. The van der Waals surface area contributed by atoms with Crippen molar-refractivity contribution in [2.45, 2.75) is 12.5 Å². The number of phenols is 1. The monoisotopic (exact) mass is 293 g/mol. The Labute approximate surface area is 120 Å². The van der Waals surface area contributed by atoms with Crippen LogP contribution >= 0.6 is 0 Å². The first-order chi connectivity index (χ1) is 9.93. The van der Waals surface area contributed by atoms with Crippen molar-refractivity contribution in [3.05, 3.63) is 29.8 Å². The number of rotatable bonds is 4. The first kappa shape index (κ1) is 14.8. The van der Waals surface area contributed by atoms with Crippen LogP contribution in [-0.4, -0.2) is 46.6 Å². The highest BCUT2D eigenvalue weighted by atomic mass is 16.5. The number of methoxy groups -OCH3 is 1. The summed E-state index contributed by atoms with van der Waals surface area (Å²) in [4.78, 5) is 36.1. The van der Waals surface area contributed by atoms with Crippen molar-refractivity contribution < 1.29 is 29.3 Å². The van der Waals surface area contributed by atoms with Gasteiger partial charge in [-0.25, -0.2) is 4.79 Å². The molecule has 0 radical (unpaired) electrons. The van der Waals surface area contributed by atoms with Gasteiger partial charge in [-0.05, 0) is 17.7 Å². The Bertz CT molecular complexity index is 567. The molecule has 1 aliphatic rings. The SMILES string of the molecule is COC(=O)C1CC(=O)N([C@@H](C(=O)O)c2ccc(O)cc2)C1. The first-order valence-corrected chi connectivity index (χ1v) is 6.33. The van der Waals surface area contributed by atoms with Crippen LogP contribution in [0.25, 0.3) is 0 Å². The predicted octanol–water partition coefficient (Wildman–Crippen LogP) is 0.539. The van der Waals surface area contributed by atoms with Gasteiger partial charge < -0.3 is 19.8 Å². The van der Waals surface area contributed by atoms with E-state index in [4.69, 9.17) is 0 Å². The van der Waals surface area contributed by atoms with E-state index in [9.17, 15) is 24.6 Å². The smallest absolute Gasteiger partial charge is 0.331 e. The Morgan fingerprint density at radius 3 is 2.48 bits per heavy atom. The standard InChI is InChI=1S/C14H15NO6/c1-21-14(20)9-6-11(17)15(7-9)12(13(18)19)8-2-4-10(16)5-3-8/h2-5,9,12,16H,6-7H2,1H3,(H,18,19)/t9?,12-/m1/s1. The van der Waals surface area contributed by atoms with Crippen LogP contribution in [-0.2, 0) is 19.1 Å². The lowest BCUT2D eigenvalue weighted by atomic mass is 10.1. The van der Waals surface area contributed by atoms with Crippen LogP contribution in [0.5, 0.6) is 5.75 Å². The van der Waals surface area contributed by atoms with E-state index in [1.54, 1.807) is 0 Å². The number of hydrogen-bond donors (Lipinski definition) is 2. The number of esters is 1. The summed E-state index contributed by atoms with van der Waals surface area (Å²) in [5.41, 5.74) is 0.360. The lowest BCUT2D eigenvalue weighted by Crippen LogP contribution is -2.35. The van der Waals surface area contributed by atoms with Gasteiger partial charge in [0.2, 0.25) is 5.91 Å². The number of nitrogens with zero attached hydrogens (tertiary/aromatic N) is 1. The third kappa shape index (κ3) is 2.96. The summed E-state index contributed by atoms with van der Waals surface area (Å²) in [5, 5.41) is 18.6. The highest BCUT2D eigenvalue weighted by Crippen LogP contribution is 2.30. The molecule has 2 atom stereocenters. The third-order valence-electron chi connectivity index (χ3n) is 3.45. The van der Waals surface area contributed by atoms with Crippen LogP contribution in [0.3, 0.4) is 0 Å². The number of carboxylic acids is 1. The Hall–Kier alpha value is -2.57. The minimum Gasteiger partial charge on any atom is -0.508 e. The number of aromatic hydroxyl groups is 1. The number of carbonyl (C=O) groups excluding carboxylic acids is 2. The number of aliphatic carboxylic acids is 1. The number of hydrogen-bond acceptors (Lipinski definition) is 5. The molecule has 1 amide bonds. The average molecular weight is 293 g/mol. The van der Waals surface area contributed by atoms with Gasteiger partial charge in [-0.2, -0.15) is 0 Å². The molecule has 1 aromatic carbocycles. The zero-order valence-electron chi connectivity index (χ0n) is 11.4. The zero-order chi connectivity index (χ0) is 15.6. The molecule has 7 nitrogen and oxygen atoms in total. The summed E-state index contributed by atoms with van der Waals surface area (Å²) >= 11 is 0. The van der Waals surface area contributed by atoms with Crippen molar-refractivity contribution in [2.75, 3.05) is 13.7 Å². The van der Waals surface area contributed by atoms with E-state index in [-0.39, 0.29) is 18.7 Å². The van der Waals surface area contributed by atoms with Crippen LogP contribution in [0.2, 0.25) is 0 Å². The van der Waals surface area contributed by atoms with E-state index < -0.39 is 29.8 Å². The maximum Gasteiger partial charge on any atom is 0.331 e. The summed E-state index contributed by atoms with van der Waals surface area (Å²) in [6.07, 6.45) is -0.0610. The molecule has 0 aromatic heterocycles. The van der Waals surface area contributed by atoms with Crippen molar-refractivity contribution in [2.24, 2.45) is 5.92 Å². The quantitative estimate of drug-likeness (QED) is 0.785. The van der Waals surface area contributed by atoms with Crippen molar-refractivity contribution in [1.82, 2.24) is 4.90 Å². The molecule has 2 N–H and O–H groups in total. The summed E-state index contributed by atoms with van der Waals surface area (Å²) in [7, 11) is 1.23. The van der Waals surface area contributed by atoms with Crippen molar-refractivity contribution in [3.63, 3.8) is 0 Å². The maximum absolute atomic E-state index is 12.0. The first-order valence-electron chi connectivity index (χ1n) is 6.33. The number of likely N-dealkylation sites (tertiary alicyclic amines) is 1.